The number of carbonyl (C=O) groups excluding carboxylic acids is 1. The molecule has 2 aromatic carbocycles. The Hall–Kier alpha value is -3.12. The van der Waals surface area contributed by atoms with Crippen LogP contribution in [0.15, 0.2) is 65.5 Å². The molecular formula is C25H30FN3O2. The zero-order valence-electron chi connectivity index (χ0n) is 18.4. The van der Waals surface area contributed by atoms with E-state index in [9.17, 15) is 9.18 Å². The Kier molecular flexibility index (Phi) is 7.84. The van der Waals surface area contributed by atoms with Crippen LogP contribution in [0, 0.1) is 5.82 Å². The maximum absolute atomic E-state index is 13.6. The lowest BCUT2D eigenvalue weighted by Gasteiger charge is -2.18. The molecule has 0 unspecified atom stereocenters. The van der Waals surface area contributed by atoms with Crippen LogP contribution in [0.1, 0.15) is 35.7 Å². The Balaban J connectivity index is 1.89. The number of amides is 1. The van der Waals surface area contributed by atoms with Crippen LogP contribution in [0.5, 0.6) is 5.75 Å². The molecule has 164 valence electrons. The van der Waals surface area contributed by atoms with Crippen LogP contribution in [0.4, 0.5) is 4.39 Å². The molecule has 0 heterocycles. The molecular weight excluding hydrogens is 393 g/mol. The highest BCUT2D eigenvalue weighted by Gasteiger charge is 2.22. The predicted octanol–water partition coefficient (Wildman–Crippen LogP) is 4.19. The molecule has 6 heteroatoms. The molecule has 0 aliphatic heterocycles. The Bertz CT molecular complexity index is 959. The quantitative estimate of drug-likeness (QED) is 0.602. The highest BCUT2D eigenvalue weighted by atomic mass is 19.1. The minimum absolute atomic E-state index is 0.283. The van der Waals surface area contributed by atoms with Gasteiger partial charge in [-0.2, -0.15) is 0 Å². The molecule has 1 aliphatic carbocycles. The third-order valence-electron chi connectivity index (χ3n) is 4.82. The van der Waals surface area contributed by atoms with Gasteiger partial charge in [0.2, 0.25) is 0 Å². The zero-order chi connectivity index (χ0) is 22.2. The van der Waals surface area contributed by atoms with Crippen molar-refractivity contribution in [2.45, 2.75) is 19.8 Å². The fraction of sp³-hybridized carbons (Fsp3) is 0.320. The molecule has 31 heavy (non-hydrogen) atoms. The second-order valence-electron chi connectivity index (χ2n) is 7.73. The van der Waals surface area contributed by atoms with Crippen LogP contribution in [0.25, 0.3) is 6.08 Å². The third-order valence-corrected chi connectivity index (χ3v) is 4.82. The van der Waals surface area contributed by atoms with E-state index < -0.39 is 5.82 Å². The number of hydrogen-bond acceptors (Lipinski definition) is 4. The fourth-order valence-electron chi connectivity index (χ4n) is 3.12. The predicted molar refractivity (Wildman–Crippen MR) is 122 cm³/mol. The topological polar surface area (TPSA) is 53.6 Å². The minimum atomic E-state index is -0.436. The Morgan fingerprint density at radius 1 is 1.16 bits per heavy atom. The maximum atomic E-state index is 13.6. The van der Waals surface area contributed by atoms with Gasteiger partial charge in [-0.1, -0.05) is 18.2 Å². The average Bonchev–Trinajstić information content (AvgIpc) is 3.57. The van der Waals surface area contributed by atoms with Crippen molar-refractivity contribution in [1.82, 2.24) is 15.5 Å². The molecule has 1 aliphatic rings. The van der Waals surface area contributed by atoms with Crippen LogP contribution in [-0.4, -0.2) is 44.6 Å². The smallest absolute Gasteiger partial charge is 0.255 e. The number of likely N-dealkylation sites (N-methyl/N-ethyl adjacent to an activating group) is 1. The van der Waals surface area contributed by atoms with Gasteiger partial charge in [-0.05, 0) is 81.4 Å². The third kappa shape index (κ3) is 6.96. The summed E-state index contributed by atoms with van der Waals surface area (Å²) >= 11 is 0. The van der Waals surface area contributed by atoms with Crippen LogP contribution in [0.2, 0.25) is 0 Å². The monoisotopic (exact) mass is 423 g/mol. The van der Waals surface area contributed by atoms with Crippen molar-refractivity contribution >= 4 is 12.0 Å². The summed E-state index contributed by atoms with van der Waals surface area (Å²) in [6.07, 6.45) is 3.94. The largest absolute Gasteiger partial charge is 0.494 e. The SMILES string of the molecule is CCOc1ccc(/C=C(\NC(=O)c2cccc(F)c2)C(NCCN(C)C)=C2CC2)cc1. The molecule has 1 saturated carbocycles. The number of rotatable bonds is 10. The van der Waals surface area contributed by atoms with Gasteiger partial charge in [-0.15, -0.1) is 0 Å². The van der Waals surface area contributed by atoms with Gasteiger partial charge in [0.15, 0.2) is 0 Å². The first kappa shape index (κ1) is 22.6. The Morgan fingerprint density at radius 2 is 1.90 bits per heavy atom. The normalized spacial score (nSPS) is 13.2. The van der Waals surface area contributed by atoms with E-state index >= 15 is 0 Å². The standard InChI is InChI=1S/C25H30FN3O2/c1-4-31-22-12-8-18(9-13-22)16-23(24(19-10-11-19)27-14-15-29(2)3)28-25(30)20-6-5-7-21(26)17-20/h5-9,12-13,16-17,27H,4,10-11,14-15H2,1-3H3,(H,28,30)/b23-16-. The molecule has 1 fully saturated rings. The van der Waals surface area contributed by atoms with Crippen molar-refractivity contribution in [1.29, 1.82) is 0 Å². The molecule has 1 amide bonds. The van der Waals surface area contributed by atoms with E-state index in [2.05, 4.69) is 15.5 Å². The van der Waals surface area contributed by atoms with Crippen LogP contribution >= 0.6 is 0 Å². The van der Waals surface area contributed by atoms with Gasteiger partial charge in [-0.25, -0.2) is 4.39 Å². The highest BCUT2D eigenvalue weighted by molar-refractivity contribution is 5.96. The maximum Gasteiger partial charge on any atom is 0.255 e. The summed E-state index contributed by atoms with van der Waals surface area (Å²) in [6, 6.07) is 13.4. The van der Waals surface area contributed by atoms with Crippen molar-refractivity contribution < 1.29 is 13.9 Å². The van der Waals surface area contributed by atoms with Crippen molar-refractivity contribution in [2.24, 2.45) is 0 Å². The second kappa shape index (κ2) is 10.8. The first-order valence-electron chi connectivity index (χ1n) is 10.6. The summed E-state index contributed by atoms with van der Waals surface area (Å²) in [5.41, 5.74) is 4.12. The van der Waals surface area contributed by atoms with Gasteiger partial charge >= 0.3 is 0 Å². The van der Waals surface area contributed by atoms with E-state index in [1.165, 1.54) is 23.8 Å². The van der Waals surface area contributed by atoms with E-state index in [1.807, 2.05) is 51.4 Å². The van der Waals surface area contributed by atoms with Gasteiger partial charge < -0.3 is 20.3 Å². The molecule has 0 atom stereocenters. The number of nitrogens with zero attached hydrogens (tertiary/aromatic N) is 1. The lowest BCUT2D eigenvalue weighted by molar-refractivity contribution is 0.0966. The average molecular weight is 424 g/mol. The van der Waals surface area contributed by atoms with Crippen molar-refractivity contribution in [3.05, 3.63) is 82.4 Å². The molecule has 2 aromatic rings. The summed E-state index contributed by atoms with van der Waals surface area (Å²) in [6.45, 7) is 4.17. The molecule has 2 N–H and O–H groups in total. The van der Waals surface area contributed by atoms with E-state index in [1.54, 1.807) is 6.07 Å². The highest BCUT2D eigenvalue weighted by Crippen LogP contribution is 2.33. The number of ether oxygens (including phenoxy) is 1. The van der Waals surface area contributed by atoms with Crippen molar-refractivity contribution in [2.75, 3.05) is 33.8 Å². The number of allylic oxidation sites excluding steroid dienone is 1. The Labute approximate surface area is 183 Å². The number of benzene rings is 2. The zero-order valence-corrected chi connectivity index (χ0v) is 18.4. The van der Waals surface area contributed by atoms with Gasteiger partial charge in [-0.3, -0.25) is 4.79 Å². The van der Waals surface area contributed by atoms with Crippen LogP contribution < -0.4 is 15.4 Å². The van der Waals surface area contributed by atoms with E-state index in [0.29, 0.717) is 12.3 Å². The van der Waals surface area contributed by atoms with Crippen molar-refractivity contribution in [3.63, 3.8) is 0 Å². The van der Waals surface area contributed by atoms with Gasteiger partial charge in [0.1, 0.15) is 11.6 Å². The van der Waals surface area contributed by atoms with Gasteiger partial charge in [0.05, 0.1) is 18.0 Å². The van der Waals surface area contributed by atoms with Crippen LogP contribution in [-0.2, 0) is 0 Å². The Morgan fingerprint density at radius 3 is 2.52 bits per heavy atom. The minimum Gasteiger partial charge on any atom is -0.494 e. The van der Waals surface area contributed by atoms with Gasteiger partial charge in [0, 0.05) is 18.7 Å². The summed E-state index contributed by atoms with van der Waals surface area (Å²) < 4.78 is 19.1. The van der Waals surface area contributed by atoms with E-state index in [4.69, 9.17) is 4.74 Å². The summed E-state index contributed by atoms with van der Waals surface area (Å²) in [7, 11) is 4.04. The number of hydrogen-bond donors (Lipinski definition) is 2. The van der Waals surface area contributed by atoms with Crippen LogP contribution in [0.3, 0.4) is 0 Å². The lowest BCUT2D eigenvalue weighted by atomic mass is 10.1. The van der Waals surface area contributed by atoms with Crippen molar-refractivity contribution in [3.8, 4) is 5.75 Å². The molecule has 0 bridgehead atoms. The molecule has 5 nitrogen and oxygen atoms in total. The molecule has 3 rings (SSSR count). The summed E-state index contributed by atoms with van der Waals surface area (Å²) in [5, 5.41) is 6.49. The molecule has 0 aromatic heterocycles. The van der Waals surface area contributed by atoms with Gasteiger partial charge in [0.25, 0.3) is 5.91 Å². The molecule has 0 radical (unpaired) electrons. The lowest BCUT2D eigenvalue weighted by Crippen LogP contribution is -2.32. The summed E-state index contributed by atoms with van der Waals surface area (Å²) in [5.74, 6) is 0.0225. The molecule has 0 saturated heterocycles. The number of nitrogens with one attached hydrogen (secondary N) is 2. The summed E-state index contributed by atoms with van der Waals surface area (Å²) in [4.78, 5) is 15.0. The molecule has 0 spiro atoms. The van der Waals surface area contributed by atoms with E-state index in [-0.39, 0.29) is 11.5 Å². The second-order valence-corrected chi connectivity index (χ2v) is 7.73. The fourth-order valence-corrected chi connectivity index (χ4v) is 3.12. The first-order valence-corrected chi connectivity index (χ1v) is 10.6. The first-order chi connectivity index (χ1) is 15.0. The number of carbonyl (C=O) groups is 1. The number of halogens is 1. The van der Waals surface area contributed by atoms with E-state index in [0.717, 1.165) is 42.9 Å².